The van der Waals surface area contributed by atoms with Crippen LogP contribution in [0.4, 0.5) is 10.6 Å². The van der Waals surface area contributed by atoms with Crippen LogP contribution in [0.25, 0.3) is 0 Å². The van der Waals surface area contributed by atoms with E-state index in [0.717, 1.165) is 11.1 Å². The second-order valence-electron chi connectivity index (χ2n) is 4.79. The molecule has 2 heterocycles. The van der Waals surface area contributed by atoms with E-state index in [9.17, 15) is 9.59 Å². The van der Waals surface area contributed by atoms with Gasteiger partial charge in [0, 0.05) is 19.3 Å². The van der Waals surface area contributed by atoms with E-state index in [-0.39, 0.29) is 11.6 Å². The molecule has 1 aromatic heterocycles. The fraction of sp³-hybridized carbons (Fsp3) is 0.133. The Labute approximate surface area is 121 Å². The second-order valence-corrected chi connectivity index (χ2v) is 4.79. The molecule has 0 aliphatic carbocycles. The van der Waals surface area contributed by atoms with Crippen molar-refractivity contribution in [1.29, 1.82) is 0 Å². The van der Waals surface area contributed by atoms with Crippen LogP contribution >= 0.6 is 0 Å². The van der Waals surface area contributed by atoms with Crippen molar-refractivity contribution in [3.63, 3.8) is 0 Å². The minimum atomic E-state index is -1.05. The van der Waals surface area contributed by atoms with E-state index in [2.05, 4.69) is 10.3 Å². The lowest BCUT2D eigenvalue weighted by molar-refractivity contribution is 0.0696. The van der Waals surface area contributed by atoms with Gasteiger partial charge in [-0.1, -0.05) is 24.3 Å². The van der Waals surface area contributed by atoms with Crippen molar-refractivity contribution in [1.82, 2.24) is 9.88 Å². The van der Waals surface area contributed by atoms with E-state index in [4.69, 9.17) is 5.11 Å². The summed E-state index contributed by atoms with van der Waals surface area (Å²) in [6.07, 6.45) is 1.22. The summed E-state index contributed by atoms with van der Waals surface area (Å²) in [6.45, 7) is 1.13. The standard InChI is InChI=1S/C15H13N3O3/c19-14(20)10-5-6-13(16-7-10)17-15(21)18-8-11-3-1-2-4-12(11)9-18/h1-7H,8-9H2,(H,19,20)(H,16,17,21). The Morgan fingerprint density at radius 1 is 1.10 bits per heavy atom. The topological polar surface area (TPSA) is 82.5 Å². The molecule has 0 fully saturated rings. The molecule has 21 heavy (non-hydrogen) atoms. The fourth-order valence-electron chi connectivity index (χ4n) is 2.26. The molecule has 0 saturated heterocycles. The van der Waals surface area contributed by atoms with Gasteiger partial charge in [-0.3, -0.25) is 5.32 Å². The zero-order valence-corrected chi connectivity index (χ0v) is 11.1. The van der Waals surface area contributed by atoms with E-state index in [1.807, 2.05) is 24.3 Å². The molecule has 2 amide bonds. The van der Waals surface area contributed by atoms with E-state index in [1.54, 1.807) is 4.90 Å². The lowest BCUT2D eigenvalue weighted by atomic mass is 10.1. The molecule has 3 rings (SSSR count). The number of urea groups is 1. The molecule has 0 bridgehead atoms. The normalized spacial score (nSPS) is 12.9. The van der Waals surface area contributed by atoms with Crippen molar-refractivity contribution in [2.45, 2.75) is 13.1 Å². The number of carboxylic acid groups (broad SMARTS) is 1. The highest BCUT2D eigenvalue weighted by Crippen LogP contribution is 2.22. The highest BCUT2D eigenvalue weighted by atomic mass is 16.4. The number of carbonyl (C=O) groups excluding carboxylic acids is 1. The second kappa shape index (κ2) is 5.24. The van der Waals surface area contributed by atoms with Gasteiger partial charge in [0.05, 0.1) is 5.56 Å². The average Bonchev–Trinajstić information content (AvgIpc) is 2.92. The number of aromatic carboxylic acids is 1. The van der Waals surface area contributed by atoms with E-state index < -0.39 is 5.97 Å². The van der Waals surface area contributed by atoms with Crippen LogP contribution in [-0.2, 0) is 13.1 Å². The Morgan fingerprint density at radius 2 is 1.76 bits per heavy atom. The van der Waals surface area contributed by atoms with E-state index in [1.165, 1.54) is 18.3 Å². The minimum absolute atomic E-state index is 0.0848. The molecule has 6 heteroatoms. The average molecular weight is 283 g/mol. The maximum absolute atomic E-state index is 12.2. The number of pyridine rings is 1. The van der Waals surface area contributed by atoms with Crippen molar-refractivity contribution in [2.75, 3.05) is 5.32 Å². The Bertz CT molecular complexity index is 673. The van der Waals surface area contributed by atoms with Gasteiger partial charge in [-0.05, 0) is 23.3 Å². The number of nitrogens with one attached hydrogen (secondary N) is 1. The molecule has 2 N–H and O–H groups in total. The van der Waals surface area contributed by atoms with Crippen LogP contribution in [0.2, 0.25) is 0 Å². The SMILES string of the molecule is O=C(O)c1ccc(NC(=O)N2Cc3ccccc3C2)nc1. The first-order chi connectivity index (χ1) is 10.1. The van der Waals surface area contributed by atoms with Gasteiger partial charge in [0.2, 0.25) is 0 Å². The summed E-state index contributed by atoms with van der Waals surface area (Å²) in [5, 5.41) is 11.5. The van der Waals surface area contributed by atoms with Crippen molar-refractivity contribution in [3.8, 4) is 0 Å². The van der Waals surface area contributed by atoms with Crippen LogP contribution in [0.1, 0.15) is 21.5 Å². The highest BCUT2D eigenvalue weighted by molar-refractivity contribution is 5.90. The van der Waals surface area contributed by atoms with Crippen molar-refractivity contribution in [3.05, 3.63) is 59.3 Å². The molecule has 1 aliphatic heterocycles. The lowest BCUT2D eigenvalue weighted by Gasteiger charge is -2.15. The number of aromatic nitrogens is 1. The molecular weight excluding hydrogens is 270 g/mol. The van der Waals surface area contributed by atoms with Crippen LogP contribution in [0, 0.1) is 0 Å². The minimum Gasteiger partial charge on any atom is -0.478 e. The van der Waals surface area contributed by atoms with Gasteiger partial charge in [-0.25, -0.2) is 14.6 Å². The Kier molecular flexibility index (Phi) is 3.27. The van der Waals surface area contributed by atoms with Gasteiger partial charge in [0.15, 0.2) is 0 Å². The summed E-state index contributed by atoms with van der Waals surface area (Å²) in [5.74, 6) is -0.712. The largest absolute Gasteiger partial charge is 0.478 e. The molecule has 2 aromatic rings. The molecule has 0 atom stereocenters. The number of carbonyl (C=O) groups is 2. The molecule has 106 valence electrons. The number of amides is 2. The molecule has 6 nitrogen and oxygen atoms in total. The number of nitrogens with zero attached hydrogens (tertiary/aromatic N) is 2. The fourth-order valence-corrected chi connectivity index (χ4v) is 2.26. The van der Waals surface area contributed by atoms with Crippen molar-refractivity contribution < 1.29 is 14.7 Å². The number of carboxylic acids is 1. The highest BCUT2D eigenvalue weighted by Gasteiger charge is 2.23. The number of anilines is 1. The first kappa shape index (κ1) is 13.1. The number of rotatable bonds is 2. The zero-order chi connectivity index (χ0) is 14.8. The predicted molar refractivity (Wildman–Crippen MR) is 75.9 cm³/mol. The maximum Gasteiger partial charge on any atom is 0.337 e. The van der Waals surface area contributed by atoms with Crippen molar-refractivity contribution >= 4 is 17.8 Å². The van der Waals surface area contributed by atoms with Gasteiger partial charge in [0.25, 0.3) is 0 Å². The van der Waals surface area contributed by atoms with Gasteiger partial charge in [-0.2, -0.15) is 0 Å². The van der Waals surface area contributed by atoms with Gasteiger partial charge >= 0.3 is 12.0 Å². The van der Waals surface area contributed by atoms with E-state index >= 15 is 0 Å². The first-order valence-electron chi connectivity index (χ1n) is 6.45. The monoisotopic (exact) mass is 283 g/mol. The van der Waals surface area contributed by atoms with Crippen LogP contribution < -0.4 is 5.32 Å². The van der Waals surface area contributed by atoms with Gasteiger partial charge in [0.1, 0.15) is 5.82 Å². The summed E-state index contributed by atoms with van der Waals surface area (Å²) in [4.78, 5) is 28.5. The summed E-state index contributed by atoms with van der Waals surface area (Å²) in [5.41, 5.74) is 2.37. The van der Waals surface area contributed by atoms with Crippen LogP contribution in [-0.4, -0.2) is 27.0 Å². The third-order valence-corrected chi connectivity index (χ3v) is 3.37. The summed E-state index contributed by atoms with van der Waals surface area (Å²) >= 11 is 0. The number of hydrogen-bond donors (Lipinski definition) is 2. The molecule has 1 aliphatic rings. The maximum atomic E-state index is 12.2. The summed E-state index contributed by atoms with van der Waals surface area (Å²) < 4.78 is 0. The molecule has 0 unspecified atom stereocenters. The number of hydrogen-bond acceptors (Lipinski definition) is 3. The van der Waals surface area contributed by atoms with Crippen LogP contribution in [0.3, 0.4) is 0 Å². The Balaban J connectivity index is 1.66. The van der Waals surface area contributed by atoms with Crippen molar-refractivity contribution in [2.24, 2.45) is 0 Å². The molecule has 0 saturated carbocycles. The molecular formula is C15H13N3O3. The third kappa shape index (κ3) is 2.69. The van der Waals surface area contributed by atoms with Crippen LogP contribution in [0.5, 0.6) is 0 Å². The zero-order valence-electron chi connectivity index (χ0n) is 11.1. The van der Waals surface area contributed by atoms with Crippen LogP contribution in [0.15, 0.2) is 42.6 Å². The first-order valence-corrected chi connectivity index (χ1v) is 6.45. The molecule has 0 radical (unpaired) electrons. The molecule has 1 aromatic carbocycles. The predicted octanol–water partition coefficient (Wildman–Crippen LogP) is 2.33. The summed E-state index contributed by atoms with van der Waals surface area (Å²) in [6, 6.07) is 10.5. The molecule has 0 spiro atoms. The Morgan fingerprint density at radius 3 is 2.29 bits per heavy atom. The van der Waals surface area contributed by atoms with Gasteiger partial charge < -0.3 is 10.0 Å². The lowest BCUT2D eigenvalue weighted by Crippen LogP contribution is -2.30. The number of benzene rings is 1. The van der Waals surface area contributed by atoms with E-state index in [0.29, 0.717) is 18.9 Å². The number of fused-ring (bicyclic) bond motifs is 1. The quantitative estimate of drug-likeness (QED) is 0.886. The smallest absolute Gasteiger partial charge is 0.337 e. The summed E-state index contributed by atoms with van der Waals surface area (Å²) in [7, 11) is 0. The van der Waals surface area contributed by atoms with Gasteiger partial charge in [-0.15, -0.1) is 0 Å². The third-order valence-electron chi connectivity index (χ3n) is 3.37. The Hall–Kier alpha value is -2.89.